The minimum absolute atomic E-state index is 0.0654. The maximum absolute atomic E-state index is 13.6. The van der Waals surface area contributed by atoms with E-state index < -0.39 is 5.60 Å². The zero-order chi connectivity index (χ0) is 19.8. The number of piperidine rings is 1. The summed E-state index contributed by atoms with van der Waals surface area (Å²) in [5.74, 6) is 0.139. The topological polar surface area (TPSA) is 53.4 Å². The normalized spacial score (nSPS) is 26.9. The largest absolute Gasteiger partial charge is 0.385 e. The van der Waals surface area contributed by atoms with Crippen LogP contribution < -0.4 is 0 Å². The highest BCUT2D eigenvalue weighted by Gasteiger charge is 2.50. The van der Waals surface area contributed by atoms with E-state index in [0.29, 0.717) is 18.5 Å². The van der Waals surface area contributed by atoms with Crippen LogP contribution in [-0.2, 0) is 5.60 Å². The Morgan fingerprint density at radius 1 is 1.00 bits per heavy atom. The average molecular weight is 386 g/mol. The molecule has 2 heterocycles. The van der Waals surface area contributed by atoms with Crippen molar-refractivity contribution in [2.45, 2.75) is 43.7 Å². The fourth-order valence-corrected chi connectivity index (χ4v) is 5.47. The molecule has 1 aliphatic carbocycles. The first-order chi connectivity index (χ1) is 14.2. The van der Waals surface area contributed by atoms with Crippen LogP contribution in [-0.4, -0.2) is 33.5 Å². The summed E-state index contributed by atoms with van der Waals surface area (Å²) in [6, 6.07) is 19.7. The zero-order valence-electron chi connectivity index (χ0n) is 16.5. The Kier molecular flexibility index (Phi) is 4.59. The molecule has 2 aromatic carbocycles. The Hall–Kier alpha value is -2.72. The van der Waals surface area contributed by atoms with Gasteiger partial charge in [-0.3, -0.25) is 9.78 Å². The molecule has 5 rings (SSSR count). The third kappa shape index (κ3) is 3.03. The second-order valence-electron chi connectivity index (χ2n) is 8.37. The molecule has 4 heteroatoms. The Morgan fingerprint density at radius 3 is 2.69 bits per heavy atom. The molecule has 1 aromatic heterocycles. The number of benzene rings is 2. The smallest absolute Gasteiger partial charge is 0.254 e. The van der Waals surface area contributed by atoms with Crippen LogP contribution in [0.25, 0.3) is 10.9 Å². The van der Waals surface area contributed by atoms with E-state index in [1.54, 1.807) is 6.20 Å². The van der Waals surface area contributed by atoms with Gasteiger partial charge in [-0.2, -0.15) is 0 Å². The molecule has 3 aromatic rings. The van der Waals surface area contributed by atoms with Crippen molar-refractivity contribution in [1.29, 1.82) is 0 Å². The second-order valence-corrected chi connectivity index (χ2v) is 8.37. The monoisotopic (exact) mass is 386 g/mol. The van der Waals surface area contributed by atoms with Crippen molar-refractivity contribution in [3.8, 4) is 0 Å². The minimum atomic E-state index is -0.858. The highest BCUT2D eigenvalue weighted by Crippen LogP contribution is 2.47. The number of fused-ring (bicyclic) bond motifs is 2. The number of aromatic nitrogens is 1. The average Bonchev–Trinajstić information content (AvgIpc) is 2.79. The first-order valence-corrected chi connectivity index (χ1v) is 10.6. The number of hydrogen-bond donors (Lipinski definition) is 1. The van der Waals surface area contributed by atoms with E-state index in [-0.39, 0.29) is 17.9 Å². The van der Waals surface area contributed by atoms with Crippen LogP contribution in [0.3, 0.4) is 0 Å². The van der Waals surface area contributed by atoms with Crippen molar-refractivity contribution < 1.29 is 9.90 Å². The van der Waals surface area contributed by atoms with Crippen molar-refractivity contribution in [2.75, 3.05) is 6.54 Å². The van der Waals surface area contributed by atoms with Crippen LogP contribution in [0.1, 0.15) is 48.0 Å². The van der Waals surface area contributed by atoms with Crippen LogP contribution in [0.2, 0.25) is 0 Å². The molecule has 0 spiro atoms. The predicted octanol–water partition coefficient (Wildman–Crippen LogP) is 4.53. The summed E-state index contributed by atoms with van der Waals surface area (Å²) in [5.41, 5.74) is 1.68. The van der Waals surface area contributed by atoms with Gasteiger partial charge >= 0.3 is 0 Å². The molecule has 3 unspecified atom stereocenters. The minimum Gasteiger partial charge on any atom is -0.385 e. The summed E-state index contributed by atoms with van der Waals surface area (Å²) in [7, 11) is 0. The fraction of sp³-hybridized carbons (Fsp3) is 0.360. The van der Waals surface area contributed by atoms with Gasteiger partial charge in [0.05, 0.1) is 11.1 Å². The van der Waals surface area contributed by atoms with Gasteiger partial charge in [-0.05, 0) is 43.0 Å². The molecule has 2 fully saturated rings. The lowest BCUT2D eigenvalue weighted by Crippen LogP contribution is -2.59. The van der Waals surface area contributed by atoms with Crippen molar-refractivity contribution in [3.05, 3.63) is 78.0 Å². The summed E-state index contributed by atoms with van der Waals surface area (Å²) in [5, 5.41) is 12.6. The first kappa shape index (κ1) is 18.3. The van der Waals surface area contributed by atoms with Gasteiger partial charge in [0.2, 0.25) is 0 Å². The van der Waals surface area contributed by atoms with E-state index in [2.05, 4.69) is 4.98 Å². The summed E-state index contributed by atoms with van der Waals surface area (Å²) in [6.07, 6.45) is 6.45. The molecule has 1 saturated carbocycles. The number of rotatable bonds is 2. The van der Waals surface area contributed by atoms with Crippen LogP contribution in [0, 0.1) is 5.92 Å². The van der Waals surface area contributed by atoms with E-state index in [9.17, 15) is 9.90 Å². The van der Waals surface area contributed by atoms with Crippen molar-refractivity contribution >= 4 is 16.8 Å². The molecular formula is C25H26N2O2. The molecule has 1 N–H and O–H groups in total. The van der Waals surface area contributed by atoms with Gasteiger partial charge in [0.15, 0.2) is 0 Å². The van der Waals surface area contributed by atoms with Gasteiger partial charge in [-0.1, -0.05) is 55.3 Å². The lowest BCUT2D eigenvalue weighted by Gasteiger charge is -2.52. The number of carbonyl (C=O) groups excluding carboxylic acids is 1. The third-order valence-electron chi connectivity index (χ3n) is 6.89. The second kappa shape index (κ2) is 7.27. The Morgan fingerprint density at radius 2 is 1.83 bits per heavy atom. The number of carbonyl (C=O) groups is 1. The fourth-order valence-electron chi connectivity index (χ4n) is 5.47. The lowest BCUT2D eigenvalue weighted by atomic mass is 9.66. The summed E-state index contributed by atoms with van der Waals surface area (Å²) in [4.78, 5) is 20.1. The number of likely N-dealkylation sites (tertiary alicyclic amines) is 1. The summed E-state index contributed by atoms with van der Waals surface area (Å²) in [6.45, 7) is 0.571. The molecule has 2 aliphatic rings. The Labute approximate surface area is 171 Å². The van der Waals surface area contributed by atoms with Crippen molar-refractivity contribution in [2.24, 2.45) is 5.92 Å². The van der Waals surface area contributed by atoms with Gasteiger partial charge in [0.1, 0.15) is 0 Å². The first-order valence-electron chi connectivity index (χ1n) is 10.6. The molecular weight excluding hydrogens is 360 g/mol. The molecule has 1 aliphatic heterocycles. The number of hydrogen-bond acceptors (Lipinski definition) is 3. The molecule has 148 valence electrons. The molecule has 3 atom stereocenters. The van der Waals surface area contributed by atoms with Gasteiger partial charge in [-0.25, -0.2) is 0 Å². The van der Waals surface area contributed by atoms with E-state index in [0.717, 1.165) is 42.1 Å². The lowest BCUT2D eigenvalue weighted by molar-refractivity contribution is -0.110. The molecule has 1 saturated heterocycles. The van der Waals surface area contributed by atoms with E-state index in [1.807, 2.05) is 65.6 Å². The number of pyridine rings is 1. The standard InChI is InChI=1S/C25H26N2O2/c28-24(20-10-6-13-22-19(20)11-7-16-26-22)27-17-15-25(29,18-8-2-1-3-9-18)21-12-4-5-14-23(21)27/h1-3,6-11,13,16,21,23,29H,4-5,12,14-15,17H2. The molecule has 0 bridgehead atoms. The van der Waals surface area contributed by atoms with E-state index in [1.165, 1.54) is 0 Å². The maximum Gasteiger partial charge on any atom is 0.254 e. The van der Waals surface area contributed by atoms with Crippen LogP contribution in [0.4, 0.5) is 0 Å². The zero-order valence-corrected chi connectivity index (χ0v) is 16.5. The highest BCUT2D eigenvalue weighted by molar-refractivity contribution is 6.06. The van der Waals surface area contributed by atoms with Crippen molar-refractivity contribution in [1.82, 2.24) is 9.88 Å². The molecule has 0 radical (unpaired) electrons. The van der Waals surface area contributed by atoms with Crippen LogP contribution >= 0.6 is 0 Å². The molecule has 29 heavy (non-hydrogen) atoms. The highest BCUT2D eigenvalue weighted by atomic mass is 16.3. The van der Waals surface area contributed by atoms with E-state index >= 15 is 0 Å². The van der Waals surface area contributed by atoms with Crippen LogP contribution in [0.5, 0.6) is 0 Å². The third-order valence-corrected chi connectivity index (χ3v) is 6.89. The number of aliphatic hydroxyl groups is 1. The maximum atomic E-state index is 13.6. The molecule has 1 amide bonds. The molecule has 4 nitrogen and oxygen atoms in total. The number of nitrogens with zero attached hydrogens (tertiary/aromatic N) is 2. The van der Waals surface area contributed by atoms with Gasteiger partial charge < -0.3 is 10.0 Å². The predicted molar refractivity (Wildman–Crippen MR) is 113 cm³/mol. The summed E-state index contributed by atoms with van der Waals surface area (Å²) >= 11 is 0. The van der Waals surface area contributed by atoms with Gasteiger partial charge in [0, 0.05) is 35.7 Å². The van der Waals surface area contributed by atoms with Gasteiger partial charge in [0.25, 0.3) is 5.91 Å². The SMILES string of the molecule is O=C(c1cccc2ncccc12)N1CCC(O)(c2ccccc2)C2CCCCC21. The van der Waals surface area contributed by atoms with E-state index in [4.69, 9.17) is 0 Å². The Balaban J connectivity index is 1.52. The Bertz CT molecular complexity index is 1030. The van der Waals surface area contributed by atoms with Crippen LogP contribution in [0.15, 0.2) is 66.9 Å². The quantitative estimate of drug-likeness (QED) is 0.704. The number of amides is 1. The van der Waals surface area contributed by atoms with Crippen molar-refractivity contribution in [3.63, 3.8) is 0 Å². The summed E-state index contributed by atoms with van der Waals surface area (Å²) < 4.78 is 0. The van der Waals surface area contributed by atoms with Gasteiger partial charge in [-0.15, -0.1) is 0 Å².